The van der Waals surface area contributed by atoms with Gasteiger partial charge in [0.2, 0.25) is 0 Å². The van der Waals surface area contributed by atoms with Gasteiger partial charge in [-0.1, -0.05) is 32.9 Å². The van der Waals surface area contributed by atoms with Gasteiger partial charge in [0, 0.05) is 43.8 Å². The van der Waals surface area contributed by atoms with Crippen LogP contribution in [0.15, 0.2) is 29.2 Å². The molecule has 0 amide bonds. The van der Waals surface area contributed by atoms with E-state index >= 15 is 0 Å². The Balaban J connectivity index is 1.56. The average Bonchev–Trinajstić information content (AvgIpc) is 3.46. The van der Waals surface area contributed by atoms with Crippen molar-refractivity contribution in [3.05, 3.63) is 40.3 Å². The third kappa shape index (κ3) is 3.32. The van der Waals surface area contributed by atoms with Crippen molar-refractivity contribution < 1.29 is 9.47 Å². The second-order valence-corrected chi connectivity index (χ2v) is 12.0. The summed E-state index contributed by atoms with van der Waals surface area (Å²) in [6, 6.07) is 6.36. The molecule has 3 aliphatic rings. The van der Waals surface area contributed by atoms with E-state index in [2.05, 4.69) is 54.0 Å². The van der Waals surface area contributed by atoms with Crippen LogP contribution in [0.2, 0.25) is 0 Å². The second kappa shape index (κ2) is 8.10. The van der Waals surface area contributed by atoms with Crippen LogP contribution in [0, 0.1) is 23.7 Å². The van der Waals surface area contributed by atoms with E-state index < -0.39 is 0 Å². The lowest BCUT2D eigenvalue weighted by atomic mass is 9.68. The summed E-state index contributed by atoms with van der Waals surface area (Å²) in [6.07, 6.45) is 5.89. The number of fused-ring (bicyclic) bond motifs is 5. The number of aryl methyl sites for hydroxylation is 1. The van der Waals surface area contributed by atoms with Gasteiger partial charge in [-0.3, -0.25) is 9.69 Å². The van der Waals surface area contributed by atoms with Crippen molar-refractivity contribution in [2.24, 2.45) is 16.7 Å². The highest BCUT2D eigenvalue weighted by Crippen LogP contribution is 2.67. The number of nitrogens with zero attached hydrogens (tertiary/aromatic N) is 3. The zero-order valence-corrected chi connectivity index (χ0v) is 21.9. The molecule has 3 atom stereocenters. The van der Waals surface area contributed by atoms with Gasteiger partial charge in [0.1, 0.15) is 5.75 Å². The maximum atomic E-state index is 14.4. The molecule has 1 saturated heterocycles. The molecule has 0 spiro atoms. The first-order chi connectivity index (χ1) is 16.8. The number of pyridine rings is 1. The molecule has 35 heavy (non-hydrogen) atoms. The van der Waals surface area contributed by atoms with Crippen LogP contribution in [0.4, 0.5) is 0 Å². The van der Waals surface area contributed by atoms with Crippen molar-refractivity contribution in [3.8, 4) is 5.75 Å². The van der Waals surface area contributed by atoms with Gasteiger partial charge in [0.15, 0.2) is 0 Å². The highest BCUT2D eigenvalue weighted by Gasteiger charge is 2.60. The number of rotatable bonds is 5. The number of hydrogen-bond acceptors (Lipinski definition) is 4. The Hall–Kier alpha value is -2.31. The van der Waals surface area contributed by atoms with Gasteiger partial charge in [0.25, 0.3) is 5.56 Å². The Morgan fingerprint density at radius 2 is 1.89 bits per heavy atom. The first kappa shape index (κ1) is 23.1. The van der Waals surface area contributed by atoms with Crippen LogP contribution < -0.4 is 10.3 Å². The van der Waals surface area contributed by atoms with E-state index in [4.69, 9.17) is 9.47 Å². The van der Waals surface area contributed by atoms with Crippen molar-refractivity contribution in [1.82, 2.24) is 14.0 Å². The minimum absolute atomic E-state index is 0.114. The highest BCUT2D eigenvalue weighted by molar-refractivity contribution is 6.10. The Morgan fingerprint density at radius 3 is 2.57 bits per heavy atom. The quantitative estimate of drug-likeness (QED) is 0.519. The lowest BCUT2D eigenvalue weighted by Crippen LogP contribution is -2.42. The molecule has 3 fully saturated rings. The van der Waals surface area contributed by atoms with Crippen molar-refractivity contribution in [2.45, 2.75) is 59.5 Å². The molecule has 3 unspecified atom stereocenters. The fourth-order valence-corrected chi connectivity index (χ4v) is 8.08. The SMILES string of the molecule is COc1cccc2c3c(=O)n(C4C5(C)CCC(C5)C4(C)C)cc(C)c3n(CCN3CCOCC3)c12. The van der Waals surface area contributed by atoms with E-state index in [1.807, 2.05) is 12.1 Å². The van der Waals surface area contributed by atoms with Crippen LogP contribution in [0.3, 0.4) is 0 Å². The maximum absolute atomic E-state index is 14.4. The summed E-state index contributed by atoms with van der Waals surface area (Å²) in [4.78, 5) is 16.8. The summed E-state index contributed by atoms with van der Waals surface area (Å²) < 4.78 is 15.8. The number of aromatic nitrogens is 2. The second-order valence-electron chi connectivity index (χ2n) is 12.0. The molecule has 2 bridgehead atoms. The Kier molecular flexibility index (Phi) is 5.35. The van der Waals surface area contributed by atoms with Gasteiger partial charge in [0.05, 0.1) is 36.7 Å². The monoisotopic (exact) mass is 477 g/mol. The average molecular weight is 478 g/mol. The third-order valence-corrected chi connectivity index (χ3v) is 9.63. The molecule has 3 heterocycles. The van der Waals surface area contributed by atoms with E-state index in [9.17, 15) is 4.79 Å². The lowest BCUT2D eigenvalue weighted by molar-refractivity contribution is 0.0366. The van der Waals surface area contributed by atoms with Crippen LogP contribution in [-0.4, -0.2) is 54.0 Å². The topological polar surface area (TPSA) is 48.6 Å². The van der Waals surface area contributed by atoms with Crippen LogP contribution in [0.5, 0.6) is 5.75 Å². The number of benzene rings is 1. The molecule has 2 saturated carbocycles. The van der Waals surface area contributed by atoms with E-state index in [0.717, 1.165) is 66.9 Å². The number of hydrogen-bond donors (Lipinski definition) is 0. The first-order valence-corrected chi connectivity index (χ1v) is 13.3. The molecule has 2 aliphatic carbocycles. The van der Waals surface area contributed by atoms with Crippen LogP contribution in [0.1, 0.15) is 51.6 Å². The van der Waals surface area contributed by atoms with Crippen molar-refractivity contribution in [1.29, 1.82) is 0 Å². The van der Waals surface area contributed by atoms with Gasteiger partial charge >= 0.3 is 0 Å². The predicted octanol–water partition coefficient (Wildman–Crippen LogP) is 4.99. The summed E-state index contributed by atoms with van der Waals surface area (Å²) in [7, 11) is 1.72. The smallest absolute Gasteiger partial charge is 0.260 e. The van der Waals surface area contributed by atoms with Gasteiger partial charge in [-0.15, -0.1) is 0 Å². The predicted molar refractivity (Wildman–Crippen MR) is 141 cm³/mol. The highest BCUT2D eigenvalue weighted by atomic mass is 16.5. The van der Waals surface area contributed by atoms with Crippen LogP contribution in [0.25, 0.3) is 21.8 Å². The maximum Gasteiger partial charge on any atom is 0.260 e. The van der Waals surface area contributed by atoms with Crippen LogP contribution in [-0.2, 0) is 11.3 Å². The van der Waals surface area contributed by atoms with E-state index in [1.165, 1.54) is 24.8 Å². The minimum atomic E-state index is 0.114. The first-order valence-electron chi connectivity index (χ1n) is 13.3. The molecule has 2 aromatic heterocycles. The van der Waals surface area contributed by atoms with E-state index in [1.54, 1.807) is 7.11 Å². The zero-order valence-electron chi connectivity index (χ0n) is 21.9. The molecular formula is C29H39N3O3. The minimum Gasteiger partial charge on any atom is -0.495 e. The summed E-state index contributed by atoms with van der Waals surface area (Å²) >= 11 is 0. The van der Waals surface area contributed by atoms with Crippen molar-refractivity contribution in [2.75, 3.05) is 40.0 Å². The standard InChI is InChI=1S/C29H39N3O3/c1-19-18-32(27-28(2,3)20-9-10-29(27,4)17-20)26(33)23-21-7-6-8-22(34-5)25(21)31(24(19)23)12-11-30-13-15-35-16-14-30/h6-8,18,20,27H,9-17H2,1-5H3. The fraction of sp³-hybridized carbons (Fsp3) is 0.621. The van der Waals surface area contributed by atoms with Crippen LogP contribution >= 0.6 is 0 Å². The molecule has 1 aromatic carbocycles. The fourth-order valence-electron chi connectivity index (χ4n) is 8.08. The summed E-state index contributed by atoms with van der Waals surface area (Å²) in [5.74, 6) is 1.52. The molecule has 0 N–H and O–H groups in total. The number of morpholine rings is 1. The molecule has 6 heteroatoms. The zero-order chi connectivity index (χ0) is 24.5. The lowest BCUT2D eigenvalue weighted by Gasteiger charge is -2.43. The molecule has 6 rings (SSSR count). The summed E-state index contributed by atoms with van der Waals surface area (Å²) in [5, 5.41) is 1.86. The van der Waals surface area contributed by atoms with E-state index in [-0.39, 0.29) is 22.4 Å². The van der Waals surface area contributed by atoms with Gasteiger partial charge in [-0.2, -0.15) is 0 Å². The number of ether oxygens (including phenoxy) is 2. The van der Waals surface area contributed by atoms with Gasteiger partial charge in [-0.25, -0.2) is 0 Å². The summed E-state index contributed by atoms with van der Waals surface area (Å²) in [5.41, 5.74) is 3.72. The summed E-state index contributed by atoms with van der Waals surface area (Å²) in [6.45, 7) is 14.6. The third-order valence-electron chi connectivity index (χ3n) is 9.63. The molecule has 0 radical (unpaired) electrons. The molecule has 188 valence electrons. The molecule has 3 aromatic rings. The molecule has 6 nitrogen and oxygen atoms in total. The van der Waals surface area contributed by atoms with Crippen molar-refractivity contribution >= 4 is 21.8 Å². The Bertz CT molecular complexity index is 1340. The normalized spacial score (nSPS) is 28.4. The largest absolute Gasteiger partial charge is 0.495 e. The van der Waals surface area contributed by atoms with Gasteiger partial charge in [-0.05, 0) is 54.6 Å². The number of methoxy groups -OCH3 is 1. The number of para-hydroxylation sites is 1. The Morgan fingerprint density at radius 1 is 1.11 bits per heavy atom. The van der Waals surface area contributed by atoms with Crippen molar-refractivity contribution in [3.63, 3.8) is 0 Å². The van der Waals surface area contributed by atoms with E-state index in [0.29, 0.717) is 5.92 Å². The molecular weight excluding hydrogens is 438 g/mol. The molecule has 1 aliphatic heterocycles. The Labute approximate surface area is 207 Å². The van der Waals surface area contributed by atoms with Gasteiger partial charge < -0.3 is 18.6 Å².